The monoisotopic (exact) mass is 473 g/mol. The van der Waals surface area contributed by atoms with Crippen LogP contribution < -0.4 is 0 Å². The largest absolute Gasteiger partial charge is 0.760 e. The summed E-state index contributed by atoms with van der Waals surface area (Å²) in [5, 5.41) is 0. The maximum Gasteiger partial charge on any atom is 0.339 e. The summed E-state index contributed by atoms with van der Waals surface area (Å²) in [4.78, 5) is 31.3. The van der Waals surface area contributed by atoms with Gasteiger partial charge in [0.15, 0.2) is 0 Å². The van der Waals surface area contributed by atoms with Crippen LogP contribution in [-0.4, -0.2) is 79.6 Å². The van der Waals surface area contributed by atoms with E-state index >= 15 is 0 Å². The van der Waals surface area contributed by atoms with Crippen molar-refractivity contribution in [1.29, 1.82) is 0 Å². The molecule has 1 unspecified atom stereocenters. The van der Waals surface area contributed by atoms with Crippen LogP contribution in [-0.2, 0) is 40.3 Å². The molecule has 0 bridgehead atoms. The molecule has 0 radical (unpaired) electrons. The molecule has 9 nitrogen and oxygen atoms in total. The molecule has 1 fully saturated rings. The van der Waals surface area contributed by atoms with Gasteiger partial charge in [-0.1, -0.05) is 24.3 Å². The van der Waals surface area contributed by atoms with E-state index < -0.39 is 17.2 Å². The van der Waals surface area contributed by atoms with Gasteiger partial charge >= 0.3 is 5.97 Å². The van der Waals surface area contributed by atoms with Gasteiger partial charge in [-0.05, 0) is 29.7 Å². The second-order valence-electron chi connectivity index (χ2n) is 7.96. The Labute approximate surface area is 196 Å². The lowest BCUT2D eigenvalue weighted by molar-refractivity contribution is -0.130. The van der Waals surface area contributed by atoms with Crippen LogP contribution in [0.15, 0.2) is 42.6 Å². The van der Waals surface area contributed by atoms with E-state index in [9.17, 15) is 18.4 Å². The molecule has 0 aliphatic carbocycles. The number of ether oxygens (including phenoxy) is 1. The number of carbonyl (C=O) groups excluding carboxylic acids is 2. The van der Waals surface area contributed by atoms with Gasteiger partial charge in [0.2, 0.25) is 5.91 Å². The predicted molar refractivity (Wildman–Crippen MR) is 123 cm³/mol. The molecule has 10 heteroatoms. The van der Waals surface area contributed by atoms with Crippen molar-refractivity contribution in [1.82, 2.24) is 19.1 Å². The summed E-state index contributed by atoms with van der Waals surface area (Å²) in [6.07, 6.45) is 1.96. The van der Waals surface area contributed by atoms with Crippen molar-refractivity contribution in [2.24, 2.45) is 0 Å². The topological polar surface area (TPSA) is 106 Å². The fourth-order valence-corrected chi connectivity index (χ4v) is 4.17. The van der Waals surface area contributed by atoms with E-state index in [4.69, 9.17) is 0 Å². The SMILES string of the molecule is COC(=O)c1ccc(CN(CCc2ccc(CN3CCN(C(C)=O)CC3)cc2)S(=O)[O-])nc1. The number of amides is 1. The summed E-state index contributed by atoms with van der Waals surface area (Å²) >= 11 is -2.39. The molecule has 1 aliphatic rings. The number of hydrogen-bond acceptors (Lipinski definition) is 7. The lowest BCUT2D eigenvalue weighted by Gasteiger charge is -2.34. The van der Waals surface area contributed by atoms with Gasteiger partial charge in [-0.15, -0.1) is 0 Å². The van der Waals surface area contributed by atoms with Crippen LogP contribution in [0.4, 0.5) is 0 Å². The normalized spacial score (nSPS) is 15.5. The summed E-state index contributed by atoms with van der Waals surface area (Å²) in [6, 6.07) is 11.4. The highest BCUT2D eigenvalue weighted by Crippen LogP contribution is 2.13. The third-order valence-electron chi connectivity index (χ3n) is 5.69. The summed E-state index contributed by atoms with van der Waals surface area (Å²) in [5.74, 6) is -0.360. The van der Waals surface area contributed by atoms with Crippen molar-refractivity contribution < 1.29 is 23.1 Å². The van der Waals surface area contributed by atoms with Crippen molar-refractivity contribution in [3.63, 3.8) is 0 Å². The lowest BCUT2D eigenvalue weighted by atomic mass is 10.1. The number of benzene rings is 1. The number of hydrogen-bond donors (Lipinski definition) is 0. The Morgan fingerprint density at radius 3 is 2.30 bits per heavy atom. The van der Waals surface area contributed by atoms with Gasteiger partial charge in [-0.25, -0.2) is 9.10 Å². The highest BCUT2D eigenvalue weighted by atomic mass is 32.2. The lowest BCUT2D eigenvalue weighted by Crippen LogP contribution is -2.47. The number of piperazine rings is 1. The van der Waals surface area contributed by atoms with Gasteiger partial charge in [-0.2, -0.15) is 0 Å². The average molecular weight is 474 g/mol. The van der Waals surface area contributed by atoms with Crippen molar-refractivity contribution >= 4 is 23.1 Å². The minimum atomic E-state index is -2.39. The number of nitrogens with zero attached hydrogens (tertiary/aromatic N) is 4. The van der Waals surface area contributed by atoms with Crippen molar-refractivity contribution in [3.05, 3.63) is 65.0 Å². The highest BCUT2D eigenvalue weighted by molar-refractivity contribution is 7.76. The van der Waals surface area contributed by atoms with Crippen molar-refractivity contribution in [3.8, 4) is 0 Å². The summed E-state index contributed by atoms with van der Waals surface area (Å²) in [6.45, 7) is 6.13. The molecule has 1 aromatic carbocycles. The Hall–Kier alpha value is -2.66. The molecule has 33 heavy (non-hydrogen) atoms. The Morgan fingerprint density at radius 1 is 1.09 bits per heavy atom. The molecule has 2 heterocycles. The molecule has 2 aromatic rings. The first-order valence-corrected chi connectivity index (χ1v) is 11.8. The fraction of sp³-hybridized carbons (Fsp3) is 0.435. The molecule has 3 rings (SSSR count). The van der Waals surface area contributed by atoms with Crippen molar-refractivity contribution in [2.45, 2.75) is 26.4 Å². The number of aromatic nitrogens is 1. The molecule has 0 N–H and O–H groups in total. The molecular weight excluding hydrogens is 444 g/mol. The van der Waals surface area contributed by atoms with Crippen LogP contribution in [0.3, 0.4) is 0 Å². The van der Waals surface area contributed by atoms with Crippen LogP contribution in [0, 0.1) is 0 Å². The maximum absolute atomic E-state index is 11.7. The summed E-state index contributed by atoms with van der Waals surface area (Å²) in [7, 11) is 1.29. The highest BCUT2D eigenvalue weighted by Gasteiger charge is 2.18. The van der Waals surface area contributed by atoms with Crippen LogP contribution >= 0.6 is 0 Å². The Kier molecular flexibility index (Phi) is 9.07. The number of pyridine rings is 1. The molecule has 1 amide bonds. The van der Waals surface area contributed by atoms with Crippen LogP contribution in [0.25, 0.3) is 0 Å². The predicted octanol–water partition coefficient (Wildman–Crippen LogP) is 1.37. The van der Waals surface area contributed by atoms with Crippen LogP contribution in [0.1, 0.15) is 34.1 Å². The van der Waals surface area contributed by atoms with Gasteiger partial charge < -0.3 is 14.2 Å². The second kappa shape index (κ2) is 12.0. The Morgan fingerprint density at radius 2 is 1.76 bits per heavy atom. The first-order valence-electron chi connectivity index (χ1n) is 10.8. The van der Waals surface area contributed by atoms with Gasteiger partial charge in [0.25, 0.3) is 0 Å². The number of esters is 1. The zero-order valence-electron chi connectivity index (χ0n) is 18.9. The zero-order chi connectivity index (χ0) is 23.8. The third kappa shape index (κ3) is 7.43. The zero-order valence-corrected chi connectivity index (χ0v) is 19.8. The summed E-state index contributed by atoms with van der Waals surface area (Å²) < 4.78 is 29.3. The molecule has 1 atom stereocenters. The van der Waals surface area contributed by atoms with Crippen molar-refractivity contribution in [2.75, 3.05) is 39.8 Å². The number of methoxy groups -OCH3 is 1. The van der Waals surface area contributed by atoms with Crippen LogP contribution in [0.2, 0.25) is 0 Å². The molecule has 1 saturated heterocycles. The molecule has 0 spiro atoms. The quantitative estimate of drug-likeness (QED) is 0.400. The van der Waals surface area contributed by atoms with Gasteiger partial charge in [0, 0.05) is 63.7 Å². The van der Waals surface area contributed by atoms with E-state index in [0.717, 1.165) is 38.3 Å². The minimum absolute atomic E-state index is 0.126. The molecule has 0 saturated carbocycles. The fourth-order valence-electron chi connectivity index (χ4n) is 3.69. The van der Waals surface area contributed by atoms with E-state index in [2.05, 4.69) is 26.8 Å². The van der Waals surface area contributed by atoms with E-state index in [1.807, 2.05) is 17.0 Å². The van der Waals surface area contributed by atoms with E-state index in [1.54, 1.807) is 19.1 Å². The maximum atomic E-state index is 11.7. The second-order valence-corrected chi connectivity index (χ2v) is 8.91. The Bertz CT molecular complexity index is 960. The average Bonchev–Trinajstić information content (AvgIpc) is 2.82. The summed E-state index contributed by atoms with van der Waals surface area (Å²) in [5.41, 5.74) is 3.10. The van der Waals surface area contributed by atoms with E-state index in [0.29, 0.717) is 24.2 Å². The third-order valence-corrected chi connectivity index (χ3v) is 6.42. The van der Waals surface area contributed by atoms with Gasteiger partial charge in [-0.3, -0.25) is 18.9 Å². The van der Waals surface area contributed by atoms with Gasteiger partial charge in [0.1, 0.15) is 0 Å². The number of carbonyl (C=O) groups is 2. The van der Waals surface area contributed by atoms with E-state index in [1.165, 1.54) is 23.2 Å². The molecular formula is C23H29N4O5S-. The molecule has 1 aromatic heterocycles. The van der Waals surface area contributed by atoms with Crippen LogP contribution in [0.5, 0.6) is 0 Å². The standard InChI is InChI=1S/C23H30N4O5S/c1-18(28)26-13-11-25(12-14-26)16-20-5-3-19(4-6-20)9-10-27(33(30)31)17-22-8-7-21(15-24-22)23(29)32-2/h3-8,15H,9-14,16-17H2,1-2H3,(H,30,31)/p-1. The smallest absolute Gasteiger partial charge is 0.339 e. The Balaban J connectivity index is 1.49. The first kappa shape index (κ1) is 25.0. The molecule has 178 valence electrons. The minimum Gasteiger partial charge on any atom is -0.760 e. The molecule has 1 aliphatic heterocycles. The van der Waals surface area contributed by atoms with Gasteiger partial charge in [0.05, 0.1) is 24.9 Å². The van der Waals surface area contributed by atoms with E-state index in [-0.39, 0.29) is 12.5 Å². The first-order chi connectivity index (χ1) is 15.9. The number of rotatable bonds is 9.